The van der Waals surface area contributed by atoms with Gasteiger partial charge in [0.25, 0.3) is 0 Å². The number of benzene rings is 1. The van der Waals surface area contributed by atoms with Crippen LogP contribution in [-0.4, -0.2) is 0 Å². The van der Waals surface area contributed by atoms with Crippen molar-refractivity contribution in [1.82, 2.24) is 0 Å². The van der Waals surface area contributed by atoms with Crippen LogP contribution in [0.5, 0.6) is 0 Å². The summed E-state index contributed by atoms with van der Waals surface area (Å²) in [5.74, 6) is 0. The van der Waals surface area contributed by atoms with Gasteiger partial charge >= 0.3 is 0 Å². The Kier molecular flexibility index (Phi) is 2.87. The lowest BCUT2D eigenvalue weighted by molar-refractivity contribution is 0.638. The van der Waals surface area contributed by atoms with Gasteiger partial charge in [-0.25, -0.2) is 0 Å². The molecule has 1 atom stereocenters. The van der Waals surface area contributed by atoms with Crippen LogP contribution in [0.15, 0.2) is 18.2 Å². The minimum absolute atomic E-state index is 0.242. The van der Waals surface area contributed by atoms with E-state index in [-0.39, 0.29) is 6.04 Å². The molecule has 0 spiro atoms. The van der Waals surface area contributed by atoms with Crippen molar-refractivity contribution in [3.63, 3.8) is 0 Å². The zero-order valence-corrected chi connectivity index (χ0v) is 8.92. The summed E-state index contributed by atoms with van der Waals surface area (Å²) in [4.78, 5) is 0. The molecule has 0 aliphatic heterocycles. The van der Waals surface area contributed by atoms with Gasteiger partial charge in [0.05, 0.1) is 0 Å². The van der Waals surface area contributed by atoms with Crippen molar-refractivity contribution >= 4 is 0 Å². The minimum atomic E-state index is 0.242. The third-order valence-corrected chi connectivity index (χ3v) is 3.15. The van der Waals surface area contributed by atoms with E-state index in [1.807, 2.05) is 0 Å². The van der Waals surface area contributed by atoms with E-state index < -0.39 is 0 Å². The Balaban J connectivity index is 2.19. The maximum Gasteiger partial charge on any atom is 0.0294 e. The number of nitrogens with two attached hydrogens (primary N) is 1. The van der Waals surface area contributed by atoms with E-state index >= 15 is 0 Å². The fourth-order valence-corrected chi connectivity index (χ4v) is 2.30. The lowest BCUT2D eigenvalue weighted by atomic mass is 9.99. The molecule has 1 aromatic carbocycles. The van der Waals surface area contributed by atoms with Gasteiger partial charge in [-0.1, -0.05) is 31.5 Å². The predicted molar refractivity (Wildman–Crippen MR) is 60.3 cm³/mol. The number of fused-ring (bicyclic) bond motifs is 1. The van der Waals surface area contributed by atoms with E-state index in [1.165, 1.54) is 36.0 Å². The minimum Gasteiger partial charge on any atom is -0.324 e. The van der Waals surface area contributed by atoms with Crippen LogP contribution in [0.4, 0.5) is 0 Å². The van der Waals surface area contributed by atoms with Gasteiger partial charge in [0.1, 0.15) is 0 Å². The van der Waals surface area contributed by atoms with Crippen LogP contribution in [0.1, 0.15) is 48.9 Å². The largest absolute Gasteiger partial charge is 0.324 e. The predicted octanol–water partition coefficient (Wildman–Crippen LogP) is 2.98. The molecule has 0 saturated carbocycles. The maximum absolute atomic E-state index is 6.10. The first-order valence-electron chi connectivity index (χ1n) is 5.68. The quantitative estimate of drug-likeness (QED) is 0.777. The molecular formula is C13H19N. The van der Waals surface area contributed by atoms with E-state index in [4.69, 9.17) is 5.73 Å². The smallest absolute Gasteiger partial charge is 0.0294 e. The molecular weight excluding hydrogens is 170 g/mol. The second-order valence-corrected chi connectivity index (χ2v) is 4.28. The van der Waals surface area contributed by atoms with Crippen molar-refractivity contribution in [2.45, 2.75) is 45.1 Å². The van der Waals surface area contributed by atoms with Gasteiger partial charge in [0.15, 0.2) is 0 Å². The van der Waals surface area contributed by atoms with Gasteiger partial charge in [0.2, 0.25) is 0 Å². The average Bonchev–Trinajstić information content (AvgIpc) is 2.64. The highest BCUT2D eigenvalue weighted by Gasteiger charge is 2.12. The summed E-state index contributed by atoms with van der Waals surface area (Å²) in [5.41, 5.74) is 10.5. The molecule has 1 unspecified atom stereocenters. The molecule has 0 saturated heterocycles. The van der Waals surface area contributed by atoms with Crippen molar-refractivity contribution in [2.24, 2.45) is 5.73 Å². The normalized spacial score (nSPS) is 16.7. The molecule has 2 N–H and O–H groups in total. The summed E-state index contributed by atoms with van der Waals surface area (Å²) in [6, 6.07) is 7.05. The standard InChI is InChI=1S/C13H19N/c1-2-4-13(14)12-8-7-10-5-3-6-11(10)9-12/h7-9,13H,2-6,14H2,1H3. The van der Waals surface area contributed by atoms with Crippen LogP contribution in [0.3, 0.4) is 0 Å². The third-order valence-electron chi connectivity index (χ3n) is 3.15. The number of hydrogen-bond acceptors (Lipinski definition) is 1. The lowest BCUT2D eigenvalue weighted by Crippen LogP contribution is -2.09. The fourth-order valence-electron chi connectivity index (χ4n) is 2.30. The van der Waals surface area contributed by atoms with Crippen LogP contribution in [0, 0.1) is 0 Å². The zero-order chi connectivity index (χ0) is 9.97. The molecule has 0 heterocycles. The summed E-state index contributed by atoms with van der Waals surface area (Å²) >= 11 is 0. The first-order valence-corrected chi connectivity index (χ1v) is 5.68. The molecule has 1 heteroatoms. The van der Waals surface area contributed by atoms with Gasteiger partial charge in [-0.2, -0.15) is 0 Å². The van der Waals surface area contributed by atoms with E-state index in [9.17, 15) is 0 Å². The van der Waals surface area contributed by atoms with E-state index in [1.54, 1.807) is 0 Å². The lowest BCUT2D eigenvalue weighted by Gasteiger charge is -2.12. The Morgan fingerprint density at radius 2 is 2.07 bits per heavy atom. The Morgan fingerprint density at radius 3 is 2.86 bits per heavy atom. The molecule has 0 radical (unpaired) electrons. The number of aryl methyl sites for hydroxylation is 2. The fraction of sp³-hybridized carbons (Fsp3) is 0.538. The molecule has 1 aromatic rings. The summed E-state index contributed by atoms with van der Waals surface area (Å²) in [5, 5.41) is 0. The SMILES string of the molecule is CCCC(N)c1ccc2c(c1)CCC2. The first-order chi connectivity index (χ1) is 6.81. The molecule has 76 valence electrons. The van der Waals surface area contributed by atoms with Gasteiger partial charge in [-0.15, -0.1) is 0 Å². The molecule has 2 rings (SSSR count). The maximum atomic E-state index is 6.10. The molecule has 1 aliphatic carbocycles. The highest BCUT2D eigenvalue weighted by molar-refractivity contribution is 5.36. The summed E-state index contributed by atoms with van der Waals surface area (Å²) in [7, 11) is 0. The van der Waals surface area contributed by atoms with Crippen LogP contribution in [-0.2, 0) is 12.8 Å². The van der Waals surface area contributed by atoms with Crippen molar-refractivity contribution in [3.05, 3.63) is 34.9 Å². The molecule has 0 fully saturated rings. The van der Waals surface area contributed by atoms with Crippen LogP contribution in [0.25, 0.3) is 0 Å². The van der Waals surface area contributed by atoms with E-state index in [0.29, 0.717) is 0 Å². The van der Waals surface area contributed by atoms with Crippen LogP contribution < -0.4 is 5.73 Å². The molecule has 1 aliphatic rings. The second kappa shape index (κ2) is 4.14. The third kappa shape index (κ3) is 1.83. The van der Waals surface area contributed by atoms with Crippen molar-refractivity contribution in [1.29, 1.82) is 0 Å². The van der Waals surface area contributed by atoms with Crippen LogP contribution >= 0.6 is 0 Å². The zero-order valence-electron chi connectivity index (χ0n) is 8.92. The molecule has 0 aromatic heterocycles. The Labute approximate surface area is 86.3 Å². The second-order valence-electron chi connectivity index (χ2n) is 4.28. The summed E-state index contributed by atoms with van der Waals surface area (Å²) in [6.45, 7) is 2.19. The van der Waals surface area contributed by atoms with E-state index in [0.717, 1.165) is 12.8 Å². The van der Waals surface area contributed by atoms with Crippen LogP contribution in [0.2, 0.25) is 0 Å². The van der Waals surface area contributed by atoms with Crippen molar-refractivity contribution < 1.29 is 0 Å². The van der Waals surface area contributed by atoms with Gasteiger partial charge in [-0.05, 0) is 42.4 Å². The Morgan fingerprint density at radius 1 is 1.29 bits per heavy atom. The van der Waals surface area contributed by atoms with Gasteiger partial charge in [0, 0.05) is 6.04 Å². The van der Waals surface area contributed by atoms with Gasteiger partial charge in [-0.3, -0.25) is 0 Å². The summed E-state index contributed by atoms with van der Waals surface area (Å²) in [6.07, 6.45) is 6.10. The number of hydrogen-bond donors (Lipinski definition) is 1. The highest BCUT2D eigenvalue weighted by atomic mass is 14.6. The topological polar surface area (TPSA) is 26.0 Å². The molecule has 1 nitrogen and oxygen atoms in total. The monoisotopic (exact) mass is 189 g/mol. The Hall–Kier alpha value is -0.820. The van der Waals surface area contributed by atoms with Crippen molar-refractivity contribution in [2.75, 3.05) is 0 Å². The van der Waals surface area contributed by atoms with Gasteiger partial charge < -0.3 is 5.73 Å². The van der Waals surface area contributed by atoms with E-state index in [2.05, 4.69) is 25.1 Å². The van der Waals surface area contributed by atoms with Crippen molar-refractivity contribution in [3.8, 4) is 0 Å². The number of rotatable bonds is 3. The highest BCUT2D eigenvalue weighted by Crippen LogP contribution is 2.25. The first kappa shape index (κ1) is 9.72. The Bertz CT molecular complexity index is 317. The summed E-state index contributed by atoms with van der Waals surface area (Å²) < 4.78 is 0. The molecule has 14 heavy (non-hydrogen) atoms. The average molecular weight is 189 g/mol. The molecule has 0 bridgehead atoms. The molecule has 0 amide bonds.